The maximum Gasteiger partial charge on any atom is 0.351 e. The van der Waals surface area contributed by atoms with Crippen molar-refractivity contribution in [3.8, 4) is 5.75 Å². The van der Waals surface area contributed by atoms with Gasteiger partial charge in [-0.25, -0.2) is 9.59 Å². The summed E-state index contributed by atoms with van der Waals surface area (Å²) in [6.07, 6.45) is 0. The van der Waals surface area contributed by atoms with Gasteiger partial charge in [-0.3, -0.25) is 0 Å². The highest BCUT2D eigenvalue weighted by Gasteiger charge is 2.20. The Kier molecular flexibility index (Phi) is 4.64. The van der Waals surface area contributed by atoms with E-state index in [4.69, 9.17) is 9.47 Å². The van der Waals surface area contributed by atoms with Crippen molar-refractivity contribution in [2.75, 3.05) is 26.1 Å². The Hall–Kier alpha value is -2.28. The number of anilines is 1. The second kappa shape index (κ2) is 6.45. The SMILES string of the molecule is CCOc1c(C(=O)OC)sc2ccc(NC(=O)NC)cc12. The van der Waals surface area contributed by atoms with E-state index in [9.17, 15) is 9.59 Å². The number of hydrogen-bond donors (Lipinski definition) is 2. The van der Waals surface area contributed by atoms with Gasteiger partial charge in [0.2, 0.25) is 0 Å². The summed E-state index contributed by atoms with van der Waals surface area (Å²) in [4.78, 5) is 23.6. The number of esters is 1. The molecule has 0 spiro atoms. The minimum atomic E-state index is -0.430. The largest absolute Gasteiger partial charge is 0.491 e. The molecular weight excluding hydrogens is 292 g/mol. The summed E-state index contributed by atoms with van der Waals surface area (Å²) in [5.41, 5.74) is 0.622. The zero-order chi connectivity index (χ0) is 15.4. The van der Waals surface area contributed by atoms with Crippen molar-refractivity contribution < 1.29 is 19.1 Å². The molecule has 1 aromatic carbocycles. The van der Waals surface area contributed by atoms with Gasteiger partial charge in [0, 0.05) is 22.8 Å². The molecule has 1 aromatic heterocycles. The van der Waals surface area contributed by atoms with Crippen molar-refractivity contribution in [2.45, 2.75) is 6.92 Å². The number of rotatable bonds is 4. The fourth-order valence-electron chi connectivity index (χ4n) is 1.86. The molecule has 7 heteroatoms. The predicted octanol–water partition coefficient (Wildman–Crippen LogP) is 2.84. The van der Waals surface area contributed by atoms with Crippen LogP contribution in [0.3, 0.4) is 0 Å². The van der Waals surface area contributed by atoms with E-state index in [0.29, 0.717) is 22.9 Å². The number of fused-ring (bicyclic) bond motifs is 1. The molecule has 0 bridgehead atoms. The van der Waals surface area contributed by atoms with Gasteiger partial charge in [0.05, 0.1) is 13.7 Å². The first-order valence-electron chi connectivity index (χ1n) is 6.37. The van der Waals surface area contributed by atoms with Crippen LogP contribution in [-0.4, -0.2) is 32.8 Å². The second-order valence-corrected chi connectivity index (χ2v) is 5.15. The maximum absolute atomic E-state index is 11.8. The maximum atomic E-state index is 11.8. The van der Waals surface area contributed by atoms with Gasteiger partial charge in [-0.15, -0.1) is 11.3 Å². The number of hydrogen-bond acceptors (Lipinski definition) is 5. The van der Waals surface area contributed by atoms with Crippen LogP contribution in [0.5, 0.6) is 5.75 Å². The fraction of sp³-hybridized carbons (Fsp3) is 0.286. The fourth-order valence-corrected chi connectivity index (χ4v) is 2.91. The van der Waals surface area contributed by atoms with Gasteiger partial charge in [-0.05, 0) is 25.1 Å². The van der Waals surface area contributed by atoms with Crippen LogP contribution in [0.4, 0.5) is 10.5 Å². The summed E-state index contributed by atoms with van der Waals surface area (Å²) in [6, 6.07) is 5.07. The number of benzene rings is 1. The standard InChI is InChI=1S/C14H16N2O4S/c1-4-20-11-9-7-8(16-14(18)15-2)5-6-10(9)21-12(11)13(17)19-3/h5-7H,4H2,1-3H3,(H2,15,16,18). The molecule has 6 nitrogen and oxygen atoms in total. The van der Waals surface area contributed by atoms with Gasteiger partial charge >= 0.3 is 12.0 Å². The lowest BCUT2D eigenvalue weighted by molar-refractivity contribution is 0.0602. The van der Waals surface area contributed by atoms with Crippen molar-refractivity contribution >= 4 is 39.1 Å². The number of nitrogens with one attached hydrogen (secondary N) is 2. The second-order valence-electron chi connectivity index (χ2n) is 4.10. The highest BCUT2D eigenvalue weighted by atomic mass is 32.1. The topological polar surface area (TPSA) is 76.7 Å². The summed E-state index contributed by atoms with van der Waals surface area (Å²) in [5.74, 6) is 0.0605. The minimum absolute atomic E-state index is 0.310. The van der Waals surface area contributed by atoms with Crippen molar-refractivity contribution in [2.24, 2.45) is 0 Å². The summed E-state index contributed by atoms with van der Waals surface area (Å²) in [5, 5.41) is 5.94. The van der Waals surface area contributed by atoms with Gasteiger partial charge in [0.1, 0.15) is 0 Å². The smallest absolute Gasteiger partial charge is 0.351 e. The van der Waals surface area contributed by atoms with Crippen molar-refractivity contribution in [3.63, 3.8) is 0 Å². The molecule has 0 aliphatic heterocycles. The van der Waals surface area contributed by atoms with Crippen LogP contribution in [0, 0.1) is 0 Å². The van der Waals surface area contributed by atoms with Gasteiger partial charge in [0.25, 0.3) is 0 Å². The number of urea groups is 1. The monoisotopic (exact) mass is 308 g/mol. The number of carbonyl (C=O) groups excluding carboxylic acids is 2. The molecular formula is C14H16N2O4S. The van der Waals surface area contributed by atoms with E-state index in [2.05, 4.69) is 10.6 Å². The van der Waals surface area contributed by atoms with Crippen LogP contribution in [0.25, 0.3) is 10.1 Å². The van der Waals surface area contributed by atoms with E-state index in [0.717, 1.165) is 10.1 Å². The summed E-state index contributed by atoms with van der Waals surface area (Å²) in [6.45, 7) is 2.28. The number of ether oxygens (including phenoxy) is 2. The Balaban J connectivity index is 2.51. The Labute approximate surface area is 126 Å². The van der Waals surface area contributed by atoms with Gasteiger partial charge in [0.15, 0.2) is 10.6 Å². The van der Waals surface area contributed by atoms with Crippen molar-refractivity contribution in [3.05, 3.63) is 23.1 Å². The normalized spacial score (nSPS) is 10.2. The number of methoxy groups -OCH3 is 1. The molecule has 2 N–H and O–H groups in total. The van der Waals surface area contributed by atoms with Gasteiger partial charge in [-0.1, -0.05) is 0 Å². The molecule has 0 unspecified atom stereocenters. The first-order chi connectivity index (χ1) is 10.1. The van der Waals surface area contributed by atoms with Gasteiger partial charge in [-0.2, -0.15) is 0 Å². The van der Waals surface area contributed by atoms with Crippen molar-refractivity contribution in [1.29, 1.82) is 0 Å². The predicted molar refractivity (Wildman–Crippen MR) is 82.4 cm³/mol. The van der Waals surface area contributed by atoms with E-state index in [1.807, 2.05) is 13.0 Å². The van der Waals surface area contributed by atoms with E-state index >= 15 is 0 Å². The molecule has 112 valence electrons. The lowest BCUT2D eigenvalue weighted by atomic mass is 10.2. The zero-order valence-corrected chi connectivity index (χ0v) is 12.8. The van der Waals surface area contributed by atoms with Crippen LogP contribution in [0.2, 0.25) is 0 Å². The molecule has 0 radical (unpaired) electrons. The molecule has 0 fully saturated rings. The molecule has 0 saturated heterocycles. The average molecular weight is 308 g/mol. The van der Waals surface area contributed by atoms with E-state index in [1.165, 1.54) is 18.4 Å². The minimum Gasteiger partial charge on any atom is -0.491 e. The van der Waals surface area contributed by atoms with Crippen LogP contribution in [0.1, 0.15) is 16.6 Å². The van der Waals surface area contributed by atoms with E-state index in [1.54, 1.807) is 19.2 Å². The molecule has 1 heterocycles. The third-order valence-electron chi connectivity index (χ3n) is 2.79. The molecule has 0 aliphatic carbocycles. The molecule has 0 aliphatic rings. The van der Waals surface area contributed by atoms with Crippen LogP contribution >= 0.6 is 11.3 Å². The highest BCUT2D eigenvalue weighted by molar-refractivity contribution is 7.21. The quantitative estimate of drug-likeness (QED) is 0.852. The Morgan fingerprint density at radius 2 is 2.10 bits per heavy atom. The number of thiophene rings is 1. The zero-order valence-electron chi connectivity index (χ0n) is 12.0. The van der Waals surface area contributed by atoms with Crippen LogP contribution in [0.15, 0.2) is 18.2 Å². The lowest BCUT2D eigenvalue weighted by Crippen LogP contribution is -2.24. The molecule has 0 atom stereocenters. The molecule has 21 heavy (non-hydrogen) atoms. The Morgan fingerprint density at radius 3 is 2.71 bits per heavy atom. The number of carbonyl (C=O) groups is 2. The van der Waals surface area contributed by atoms with Gasteiger partial charge < -0.3 is 20.1 Å². The first kappa shape index (κ1) is 15.1. The highest BCUT2D eigenvalue weighted by Crippen LogP contribution is 2.39. The summed E-state index contributed by atoms with van der Waals surface area (Å²) < 4.78 is 11.2. The summed E-state index contributed by atoms with van der Waals surface area (Å²) in [7, 11) is 2.88. The van der Waals surface area contributed by atoms with Crippen LogP contribution in [-0.2, 0) is 4.74 Å². The Morgan fingerprint density at radius 1 is 1.33 bits per heavy atom. The molecule has 2 rings (SSSR count). The molecule has 0 saturated carbocycles. The van der Waals surface area contributed by atoms with E-state index in [-0.39, 0.29) is 6.03 Å². The van der Waals surface area contributed by atoms with Crippen LogP contribution < -0.4 is 15.4 Å². The number of amides is 2. The van der Waals surface area contributed by atoms with E-state index < -0.39 is 5.97 Å². The molecule has 2 aromatic rings. The summed E-state index contributed by atoms with van der Waals surface area (Å²) >= 11 is 1.30. The third kappa shape index (κ3) is 3.08. The first-order valence-corrected chi connectivity index (χ1v) is 7.18. The van der Waals surface area contributed by atoms with Crippen molar-refractivity contribution in [1.82, 2.24) is 5.32 Å². The molecule has 2 amide bonds. The Bertz CT molecular complexity index is 681. The average Bonchev–Trinajstić information content (AvgIpc) is 2.85. The lowest BCUT2D eigenvalue weighted by Gasteiger charge is -2.06. The third-order valence-corrected chi connectivity index (χ3v) is 3.92.